The SMILES string of the molecule is Cc1nn(C)c2ncc(CN[C@@H]3CCCN(c4cccnn4)C3)cc12. The molecule has 7 nitrogen and oxygen atoms in total. The number of aryl methyl sites for hydroxylation is 2. The smallest absolute Gasteiger partial charge is 0.157 e. The number of nitrogens with one attached hydrogen (secondary N) is 1. The number of aromatic nitrogens is 5. The van der Waals surface area contributed by atoms with Gasteiger partial charge in [0.2, 0.25) is 0 Å². The second-order valence-corrected chi connectivity index (χ2v) is 6.67. The molecule has 1 fully saturated rings. The van der Waals surface area contributed by atoms with Crippen molar-refractivity contribution in [3.63, 3.8) is 0 Å². The maximum absolute atomic E-state index is 4.56. The minimum absolute atomic E-state index is 0.446. The van der Waals surface area contributed by atoms with Crippen molar-refractivity contribution < 1.29 is 0 Å². The summed E-state index contributed by atoms with van der Waals surface area (Å²) in [6.07, 6.45) is 6.00. The Morgan fingerprint density at radius 1 is 1.36 bits per heavy atom. The van der Waals surface area contributed by atoms with Crippen LogP contribution in [0.2, 0.25) is 0 Å². The van der Waals surface area contributed by atoms with Crippen molar-refractivity contribution in [2.24, 2.45) is 7.05 Å². The first-order valence-electron chi connectivity index (χ1n) is 8.75. The van der Waals surface area contributed by atoms with Gasteiger partial charge in [-0.1, -0.05) is 0 Å². The Morgan fingerprint density at radius 2 is 2.28 bits per heavy atom. The summed E-state index contributed by atoms with van der Waals surface area (Å²) in [7, 11) is 1.93. The number of nitrogens with zero attached hydrogens (tertiary/aromatic N) is 6. The Labute approximate surface area is 147 Å². The molecular weight excluding hydrogens is 314 g/mol. The van der Waals surface area contributed by atoms with E-state index in [4.69, 9.17) is 0 Å². The van der Waals surface area contributed by atoms with E-state index in [1.165, 1.54) is 12.0 Å². The second kappa shape index (κ2) is 6.76. The molecule has 25 heavy (non-hydrogen) atoms. The number of fused-ring (bicyclic) bond motifs is 1. The molecule has 3 aromatic heterocycles. The van der Waals surface area contributed by atoms with Gasteiger partial charge in [0, 0.05) is 50.5 Å². The van der Waals surface area contributed by atoms with Crippen LogP contribution < -0.4 is 10.2 Å². The average Bonchev–Trinajstić information content (AvgIpc) is 2.94. The number of hydrogen-bond acceptors (Lipinski definition) is 6. The molecule has 4 rings (SSSR count). The van der Waals surface area contributed by atoms with Crippen LogP contribution in [0.5, 0.6) is 0 Å². The van der Waals surface area contributed by atoms with Gasteiger partial charge in [-0.05, 0) is 43.5 Å². The first-order valence-corrected chi connectivity index (χ1v) is 8.75. The van der Waals surface area contributed by atoms with Crippen molar-refractivity contribution in [1.82, 2.24) is 30.3 Å². The molecule has 0 aliphatic carbocycles. The molecule has 0 amide bonds. The van der Waals surface area contributed by atoms with E-state index in [0.29, 0.717) is 6.04 Å². The van der Waals surface area contributed by atoms with Crippen LogP contribution >= 0.6 is 0 Å². The summed E-state index contributed by atoms with van der Waals surface area (Å²) in [5.41, 5.74) is 3.16. The Kier molecular flexibility index (Phi) is 4.31. The van der Waals surface area contributed by atoms with E-state index in [9.17, 15) is 0 Å². The highest BCUT2D eigenvalue weighted by Gasteiger charge is 2.20. The Hall–Kier alpha value is -2.54. The van der Waals surface area contributed by atoms with Gasteiger partial charge in [0.25, 0.3) is 0 Å². The maximum atomic E-state index is 4.56. The molecule has 3 aromatic rings. The predicted molar refractivity (Wildman–Crippen MR) is 97.4 cm³/mol. The maximum Gasteiger partial charge on any atom is 0.157 e. The van der Waals surface area contributed by atoms with E-state index in [-0.39, 0.29) is 0 Å². The normalized spacial score (nSPS) is 18.0. The third-order valence-electron chi connectivity index (χ3n) is 4.82. The van der Waals surface area contributed by atoms with E-state index in [0.717, 1.165) is 48.6 Å². The summed E-state index contributed by atoms with van der Waals surface area (Å²) in [6, 6.07) is 6.61. The van der Waals surface area contributed by atoms with Crippen LogP contribution in [0.4, 0.5) is 5.82 Å². The molecular formula is C18H23N7. The number of anilines is 1. The predicted octanol–water partition coefficient (Wildman–Crippen LogP) is 1.83. The van der Waals surface area contributed by atoms with E-state index in [2.05, 4.69) is 36.6 Å². The zero-order valence-electron chi connectivity index (χ0n) is 14.7. The topological polar surface area (TPSA) is 71.8 Å². The van der Waals surface area contributed by atoms with Crippen molar-refractivity contribution in [3.8, 4) is 0 Å². The minimum Gasteiger partial charge on any atom is -0.354 e. The van der Waals surface area contributed by atoms with E-state index in [1.807, 2.05) is 37.0 Å². The molecule has 7 heteroatoms. The molecule has 1 aliphatic heterocycles. The lowest BCUT2D eigenvalue weighted by Gasteiger charge is -2.33. The van der Waals surface area contributed by atoms with Crippen molar-refractivity contribution in [3.05, 3.63) is 41.9 Å². The minimum atomic E-state index is 0.446. The fraction of sp³-hybridized carbons (Fsp3) is 0.444. The fourth-order valence-electron chi connectivity index (χ4n) is 3.52. The standard InChI is InChI=1S/C18H23N7/c1-13-16-9-14(11-20-18(16)24(2)23-13)10-19-15-5-4-8-25(12-15)17-6-3-7-21-22-17/h3,6-7,9,11,15,19H,4-5,8,10,12H2,1-2H3/t15-/m1/s1. The Balaban J connectivity index is 1.42. The molecule has 130 valence electrons. The van der Waals surface area contributed by atoms with Crippen molar-refractivity contribution in [1.29, 1.82) is 0 Å². The lowest BCUT2D eigenvalue weighted by Crippen LogP contribution is -2.45. The third kappa shape index (κ3) is 3.32. The largest absolute Gasteiger partial charge is 0.354 e. The van der Waals surface area contributed by atoms with Crippen molar-refractivity contribution >= 4 is 16.9 Å². The van der Waals surface area contributed by atoms with Crippen LogP contribution in [-0.2, 0) is 13.6 Å². The van der Waals surface area contributed by atoms with Gasteiger partial charge in [-0.25, -0.2) is 4.98 Å². The Morgan fingerprint density at radius 3 is 3.12 bits per heavy atom. The summed E-state index contributed by atoms with van der Waals surface area (Å²) >= 11 is 0. The molecule has 4 heterocycles. The lowest BCUT2D eigenvalue weighted by atomic mass is 10.1. The van der Waals surface area contributed by atoms with Gasteiger partial charge in [-0.2, -0.15) is 10.2 Å². The highest BCUT2D eigenvalue weighted by Crippen LogP contribution is 2.19. The third-order valence-corrected chi connectivity index (χ3v) is 4.82. The number of pyridine rings is 1. The molecule has 1 aliphatic rings. The van der Waals surface area contributed by atoms with Crippen molar-refractivity contribution in [2.75, 3.05) is 18.0 Å². The molecule has 0 saturated carbocycles. The molecule has 0 spiro atoms. The van der Waals surface area contributed by atoms with Gasteiger partial charge in [0.1, 0.15) is 0 Å². The summed E-state index contributed by atoms with van der Waals surface area (Å²) in [5, 5.41) is 17.5. The summed E-state index contributed by atoms with van der Waals surface area (Å²) in [5.74, 6) is 0.961. The Bertz CT molecular complexity index is 858. The van der Waals surface area contributed by atoms with Crippen LogP contribution in [0.1, 0.15) is 24.1 Å². The highest BCUT2D eigenvalue weighted by atomic mass is 15.3. The van der Waals surface area contributed by atoms with Crippen LogP contribution in [-0.4, -0.2) is 44.1 Å². The first-order chi connectivity index (χ1) is 12.2. The van der Waals surface area contributed by atoms with Crippen LogP contribution in [0, 0.1) is 6.92 Å². The summed E-state index contributed by atoms with van der Waals surface area (Å²) in [4.78, 5) is 6.87. The van der Waals surface area contributed by atoms with Crippen LogP contribution in [0.15, 0.2) is 30.6 Å². The van der Waals surface area contributed by atoms with E-state index >= 15 is 0 Å². The summed E-state index contributed by atoms with van der Waals surface area (Å²) in [6.45, 7) is 4.84. The molecule has 0 unspecified atom stereocenters. The number of hydrogen-bond donors (Lipinski definition) is 1. The van der Waals surface area contributed by atoms with Gasteiger partial charge in [-0.15, -0.1) is 5.10 Å². The van der Waals surface area contributed by atoms with Gasteiger partial charge < -0.3 is 10.2 Å². The number of piperidine rings is 1. The van der Waals surface area contributed by atoms with Crippen LogP contribution in [0.3, 0.4) is 0 Å². The zero-order valence-corrected chi connectivity index (χ0v) is 14.7. The fourth-order valence-corrected chi connectivity index (χ4v) is 3.52. The van der Waals surface area contributed by atoms with Gasteiger partial charge >= 0.3 is 0 Å². The lowest BCUT2D eigenvalue weighted by molar-refractivity contribution is 0.419. The molecule has 1 saturated heterocycles. The van der Waals surface area contributed by atoms with E-state index in [1.54, 1.807) is 6.20 Å². The number of rotatable bonds is 4. The molecule has 1 atom stereocenters. The van der Waals surface area contributed by atoms with Crippen molar-refractivity contribution in [2.45, 2.75) is 32.4 Å². The molecule has 1 N–H and O–H groups in total. The highest BCUT2D eigenvalue weighted by molar-refractivity contribution is 5.78. The van der Waals surface area contributed by atoms with Gasteiger partial charge in [-0.3, -0.25) is 4.68 Å². The average molecular weight is 337 g/mol. The molecule has 0 aromatic carbocycles. The second-order valence-electron chi connectivity index (χ2n) is 6.67. The first kappa shape index (κ1) is 16.0. The zero-order chi connectivity index (χ0) is 17.2. The van der Waals surface area contributed by atoms with Gasteiger partial charge in [0.15, 0.2) is 11.5 Å². The summed E-state index contributed by atoms with van der Waals surface area (Å²) < 4.78 is 1.84. The van der Waals surface area contributed by atoms with Crippen LogP contribution in [0.25, 0.3) is 11.0 Å². The molecule has 0 radical (unpaired) electrons. The monoisotopic (exact) mass is 337 g/mol. The van der Waals surface area contributed by atoms with E-state index < -0.39 is 0 Å². The molecule has 0 bridgehead atoms. The quantitative estimate of drug-likeness (QED) is 0.783. The van der Waals surface area contributed by atoms with Gasteiger partial charge in [0.05, 0.1) is 5.69 Å².